The molecule has 0 radical (unpaired) electrons. The number of hydrogen-bond donors (Lipinski definition) is 2. The van der Waals surface area contributed by atoms with Crippen molar-refractivity contribution in [3.05, 3.63) is 57.6 Å². The van der Waals surface area contributed by atoms with Crippen molar-refractivity contribution in [1.82, 2.24) is 5.32 Å². The quantitative estimate of drug-likeness (QED) is 0.588. The Morgan fingerprint density at radius 3 is 2.42 bits per heavy atom. The first kappa shape index (κ1) is 20.7. The van der Waals surface area contributed by atoms with Gasteiger partial charge in [0.1, 0.15) is 6.61 Å². The van der Waals surface area contributed by atoms with E-state index in [1.165, 1.54) is 5.56 Å². The molecule has 1 atom stereocenters. The van der Waals surface area contributed by atoms with Crippen LogP contribution >= 0.6 is 15.9 Å². The molecule has 0 aliphatic carbocycles. The third kappa shape index (κ3) is 6.01. The van der Waals surface area contributed by atoms with Crippen molar-refractivity contribution in [3.8, 4) is 11.5 Å². The van der Waals surface area contributed by atoms with Crippen LogP contribution in [0.5, 0.6) is 11.5 Å². The molecule has 0 saturated carbocycles. The van der Waals surface area contributed by atoms with E-state index in [0.717, 1.165) is 27.8 Å². The maximum atomic E-state index is 9.32. The van der Waals surface area contributed by atoms with Crippen molar-refractivity contribution in [3.63, 3.8) is 0 Å². The molecule has 4 nitrogen and oxygen atoms in total. The van der Waals surface area contributed by atoms with E-state index >= 15 is 0 Å². The zero-order valence-corrected chi connectivity index (χ0v) is 17.3. The molecular formula is C21H28BrNO3. The minimum Gasteiger partial charge on any atom is -0.490 e. The molecule has 5 heteroatoms. The van der Waals surface area contributed by atoms with Crippen LogP contribution in [0.25, 0.3) is 0 Å². The first-order valence-corrected chi connectivity index (χ1v) is 9.84. The standard InChI is InChI=1S/C21H28BrNO3/c1-4-18(13-24)23-12-17-10-19(22)21(20(11-17)25-5-2)26-14-16-8-6-15(3)7-9-16/h6-11,18,23-24H,4-5,12-14H2,1-3H3/t18-/m0/s1. The van der Waals surface area contributed by atoms with E-state index in [9.17, 15) is 5.11 Å². The molecule has 0 aliphatic heterocycles. The molecule has 142 valence electrons. The van der Waals surface area contributed by atoms with Crippen LogP contribution in [0.4, 0.5) is 0 Å². The number of aliphatic hydroxyl groups is 1. The van der Waals surface area contributed by atoms with Gasteiger partial charge in [0, 0.05) is 12.6 Å². The monoisotopic (exact) mass is 421 g/mol. The summed E-state index contributed by atoms with van der Waals surface area (Å²) in [7, 11) is 0. The average Bonchev–Trinajstić information content (AvgIpc) is 2.63. The van der Waals surface area contributed by atoms with Gasteiger partial charge < -0.3 is 19.9 Å². The van der Waals surface area contributed by atoms with E-state index in [1.807, 2.05) is 19.1 Å². The molecule has 2 N–H and O–H groups in total. The average molecular weight is 422 g/mol. The van der Waals surface area contributed by atoms with Gasteiger partial charge in [-0.2, -0.15) is 0 Å². The summed E-state index contributed by atoms with van der Waals surface area (Å²) in [4.78, 5) is 0. The van der Waals surface area contributed by atoms with Crippen molar-refractivity contribution < 1.29 is 14.6 Å². The van der Waals surface area contributed by atoms with E-state index < -0.39 is 0 Å². The van der Waals surface area contributed by atoms with E-state index in [4.69, 9.17) is 9.47 Å². The second-order valence-electron chi connectivity index (χ2n) is 6.28. The molecule has 0 aromatic heterocycles. The summed E-state index contributed by atoms with van der Waals surface area (Å²) in [6, 6.07) is 12.4. The van der Waals surface area contributed by atoms with Crippen LogP contribution in [-0.2, 0) is 13.2 Å². The third-order valence-corrected chi connectivity index (χ3v) is 4.77. The molecule has 0 fully saturated rings. The number of nitrogens with one attached hydrogen (secondary N) is 1. The summed E-state index contributed by atoms with van der Waals surface area (Å²) >= 11 is 3.61. The summed E-state index contributed by atoms with van der Waals surface area (Å²) < 4.78 is 12.7. The molecule has 0 amide bonds. The number of halogens is 1. The lowest BCUT2D eigenvalue weighted by atomic mass is 10.1. The maximum Gasteiger partial charge on any atom is 0.175 e. The van der Waals surface area contributed by atoms with Gasteiger partial charge in [-0.1, -0.05) is 36.8 Å². The molecule has 2 rings (SSSR count). The van der Waals surface area contributed by atoms with Crippen LogP contribution in [-0.4, -0.2) is 24.4 Å². The SMILES string of the molecule is CCOc1cc(CN[C@@H](CC)CO)cc(Br)c1OCc1ccc(C)cc1. The van der Waals surface area contributed by atoms with Gasteiger partial charge >= 0.3 is 0 Å². The molecule has 0 saturated heterocycles. The number of benzene rings is 2. The summed E-state index contributed by atoms with van der Waals surface area (Å²) in [5.41, 5.74) is 3.43. The minimum absolute atomic E-state index is 0.0989. The normalized spacial score (nSPS) is 12.0. The fourth-order valence-corrected chi connectivity index (χ4v) is 3.17. The smallest absolute Gasteiger partial charge is 0.175 e. The number of aryl methyl sites for hydroxylation is 1. The van der Waals surface area contributed by atoms with Crippen LogP contribution in [0, 0.1) is 6.92 Å². The Kier molecular flexibility index (Phi) is 8.42. The highest BCUT2D eigenvalue weighted by atomic mass is 79.9. The van der Waals surface area contributed by atoms with Gasteiger partial charge in [0.25, 0.3) is 0 Å². The number of rotatable bonds is 10. The summed E-state index contributed by atoms with van der Waals surface area (Å²) in [5, 5.41) is 12.7. The highest BCUT2D eigenvalue weighted by Gasteiger charge is 2.13. The third-order valence-electron chi connectivity index (χ3n) is 4.18. The fourth-order valence-electron chi connectivity index (χ4n) is 2.57. The van der Waals surface area contributed by atoms with E-state index in [-0.39, 0.29) is 12.6 Å². The Bertz CT molecular complexity index is 684. The molecule has 26 heavy (non-hydrogen) atoms. The second-order valence-corrected chi connectivity index (χ2v) is 7.14. The summed E-state index contributed by atoms with van der Waals surface area (Å²) in [6.45, 7) is 7.93. The summed E-state index contributed by atoms with van der Waals surface area (Å²) in [6.07, 6.45) is 0.883. The second kappa shape index (κ2) is 10.6. The maximum absolute atomic E-state index is 9.32. The Labute approximate surface area is 164 Å². The van der Waals surface area contributed by atoms with Crippen molar-refractivity contribution in [2.24, 2.45) is 0 Å². The fraction of sp³-hybridized carbons (Fsp3) is 0.429. The van der Waals surface area contributed by atoms with Gasteiger partial charge in [-0.25, -0.2) is 0 Å². The Hall–Kier alpha value is -1.56. The molecule has 0 unspecified atom stereocenters. The first-order chi connectivity index (χ1) is 12.6. The predicted octanol–water partition coefficient (Wildman–Crippen LogP) is 4.60. The number of ether oxygens (including phenoxy) is 2. The van der Waals surface area contributed by atoms with Crippen molar-refractivity contribution in [2.45, 2.75) is 46.4 Å². The van der Waals surface area contributed by atoms with Crippen molar-refractivity contribution in [1.29, 1.82) is 0 Å². The van der Waals surface area contributed by atoms with Gasteiger partial charge in [-0.15, -0.1) is 0 Å². The molecule has 0 aliphatic rings. The van der Waals surface area contributed by atoms with E-state index in [2.05, 4.69) is 59.4 Å². The zero-order chi connectivity index (χ0) is 18.9. The Balaban J connectivity index is 2.13. The zero-order valence-electron chi connectivity index (χ0n) is 15.7. The lowest BCUT2D eigenvalue weighted by Gasteiger charge is -2.18. The topological polar surface area (TPSA) is 50.7 Å². The van der Waals surface area contributed by atoms with Gasteiger partial charge in [-0.3, -0.25) is 0 Å². The minimum atomic E-state index is 0.0989. The van der Waals surface area contributed by atoms with Crippen LogP contribution < -0.4 is 14.8 Å². The molecule has 0 heterocycles. The highest BCUT2D eigenvalue weighted by molar-refractivity contribution is 9.10. The van der Waals surface area contributed by atoms with Crippen LogP contribution in [0.2, 0.25) is 0 Å². The lowest BCUT2D eigenvalue weighted by molar-refractivity contribution is 0.238. The first-order valence-electron chi connectivity index (χ1n) is 9.05. The number of aliphatic hydroxyl groups excluding tert-OH is 1. The van der Waals surface area contributed by atoms with Crippen molar-refractivity contribution in [2.75, 3.05) is 13.2 Å². The van der Waals surface area contributed by atoms with Gasteiger partial charge in [0.05, 0.1) is 17.7 Å². The van der Waals surface area contributed by atoms with Gasteiger partial charge in [0.15, 0.2) is 11.5 Å². The lowest BCUT2D eigenvalue weighted by Crippen LogP contribution is -2.31. The highest BCUT2D eigenvalue weighted by Crippen LogP contribution is 2.37. The molecule has 0 bridgehead atoms. The Morgan fingerprint density at radius 2 is 1.81 bits per heavy atom. The van der Waals surface area contributed by atoms with Gasteiger partial charge in [-0.05, 0) is 59.5 Å². The van der Waals surface area contributed by atoms with Crippen molar-refractivity contribution >= 4 is 15.9 Å². The molecular weight excluding hydrogens is 394 g/mol. The van der Waals surface area contributed by atoms with Gasteiger partial charge in [0.2, 0.25) is 0 Å². The van der Waals surface area contributed by atoms with E-state index in [1.54, 1.807) is 0 Å². The van der Waals surface area contributed by atoms with Crippen LogP contribution in [0.3, 0.4) is 0 Å². The largest absolute Gasteiger partial charge is 0.490 e. The van der Waals surface area contributed by atoms with Crippen LogP contribution in [0.15, 0.2) is 40.9 Å². The number of hydrogen-bond acceptors (Lipinski definition) is 4. The predicted molar refractivity (Wildman–Crippen MR) is 109 cm³/mol. The Morgan fingerprint density at radius 1 is 1.08 bits per heavy atom. The van der Waals surface area contributed by atoms with E-state index in [0.29, 0.717) is 25.5 Å². The molecule has 2 aromatic rings. The summed E-state index contributed by atoms with van der Waals surface area (Å²) in [5.74, 6) is 1.44. The van der Waals surface area contributed by atoms with Crippen LogP contribution in [0.1, 0.15) is 37.0 Å². The molecule has 0 spiro atoms. The molecule has 2 aromatic carbocycles.